The van der Waals surface area contributed by atoms with Crippen molar-refractivity contribution in [1.82, 2.24) is 10.2 Å². The number of amides is 2. The molecule has 0 saturated heterocycles. The second-order valence-corrected chi connectivity index (χ2v) is 5.82. The van der Waals surface area contributed by atoms with E-state index in [2.05, 4.69) is 50.4 Å². The van der Waals surface area contributed by atoms with E-state index in [-0.39, 0.29) is 6.03 Å². The van der Waals surface area contributed by atoms with Crippen molar-refractivity contribution in [2.24, 2.45) is 5.92 Å². The normalized spacial score (nSPS) is 12.3. The van der Waals surface area contributed by atoms with Crippen molar-refractivity contribution in [3.63, 3.8) is 0 Å². The van der Waals surface area contributed by atoms with Gasteiger partial charge in [0.1, 0.15) is 0 Å². The fraction of sp³-hybridized carbons (Fsp3) is 0.562. The summed E-state index contributed by atoms with van der Waals surface area (Å²) in [7, 11) is 3.50. The van der Waals surface area contributed by atoms with E-state index in [0.717, 1.165) is 6.42 Å². The Morgan fingerprint density at radius 1 is 1.16 bits per heavy atom. The molecule has 1 N–H and O–H groups in total. The molecular formula is C16H26N2O. The Kier molecular flexibility index (Phi) is 5.87. The van der Waals surface area contributed by atoms with Gasteiger partial charge in [0.05, 0.1) is 0 Å². The summed E-state index contributed by atoms with van der Waals surface area (Å²) in [4.78, 5) is 13.0. The highest BCUT2D eigenvalue weighted by molar-refractivity contribution is 5.73. The van der Waals surface area contributed by atoms with Gasteiger partial charge in [-0.25, -0.2) is 4.79 Å². The topological polar surface area (TPSA) is 32.3 Å². The molecule has 3 nitrogen and oxygen atoms in total. The van der Waals surface area contributed by atoms with Crippen molar-refractivity contribution in [2.45, 2.75) is 33.1 Å². The van der Waals surface area contributed by atoms with Crippen LogP contribution in [0.4, 0.5) is 4.79 Å². The number of nitrogens with zero attached hydrogens (tertiary/aromatic N) is 1. The summed E-state index contributed by atoms with van der Waals surface area (Å²) in [6.07, 6.45) is 1.12. The standard InChI is InChI=1S/C16H26N2O/c1-12(2)10-14-6-8-15(9-7-14)13(3)11-17-16(19)18(4)5/h6-9,12-13H,10-11H2,1-5H3,(H,17,19). The van der Waals surface area contributed by atoms with Crippen molar-refractivity contribution in [1.29, 1.82) is 0 Å². The van der Waals surface area contributed by atoms with Crippen LogP contribution in [-0.2, 0) is 6.42 Å². The number of hydrogen-bond donors (Lipinski definition) is 1. The van der Waals surface area contributed by atoms with E-state index < -0.39 is 0 Å². The maximum Gasteiger partial charge on any atom is 0.316 e. The van der Waals surface area contributed by atoms with Crippen LogP contribution >= 0.6 is 0 Å². The smallest absolute Gasteiger partial charge is 0.316 e. The highest BCUT2D eigenvalue weighted by Crippen LogP contribution is 2.16. The molecule has 0 bridgehead atoms. The number of benzene rings is 1. The van der Waals surface area contributed by atoms with Gasteiger partial charge in [-0.15, -0.1) is 0 Å². The summed E-state index contributed by atoms with van der Waals surface area (Å²) >= 11 is 0. The molecule has 3 heteroatoms. The molecule has 0 radical (unpaired) electrons. The summed E-state index contributed by atoms with van der Waals surface area (Å²) in [6, 6.07) is 8.69. The number of nitrogens with one attached hydrogen (secondary N) is 1. The maximum atomic E-state index is 11.5. The van der Waals surface area contributed by atoms with E-state index in [1.165, 1.54) is 11.1 Å². The highest BCUT2D eigenvalue weighted by atomic mass is 16.2. The molecule has 1 aromatic carbocycles. The van der Waals surface area contributed by atoms with Gasteiger partial charge in [-0.05, 0) is 29.4 Å². The molecule has 1 unspecified atom stereocenters. The average Bonchev–Trinajstić information content (AvgIpc) is 2.35. The Labute approximate surface area is 117 Å². The fourth-order valence-corrected chi connectivity index (χ4v) is 1.97. The third-order valence-corrected chi connectivity index (χ3v) is 3.16. The second kappa shape index (κ2) is 7.17. The summed E-state index contributed by atoms with van der Waals surface area (Å²) in [6.45, 7) is 7.26. The zero-order valence-electron chi connectivity index (χ0n) is 12.7. The molecule has 0 heterocycles. The molecule has 1 rings (SSSR count). The Morgan fingerprint density at radius 2 is 1.74 bits per heavy atom. The van der Waals surface area contributed by atoms with Crippen LogP contribution in [0.15, 0.2) is 24.3 Å². The van der Waals surface area contributed by atoms with Crippen LogP contribution in [0.3, 0.4) is 0 Å². The van der Waals surface area contributed by atoms with Gasteiger partial charge in [-0.3, -0.25) is 0 Å². The molecule has 19 heavy (non-hydrogen) atoms. The molecule has 0 aliphatic carbocycles. The zero-order valence-corrected chi connectivity index (χ0v) is 12.7. The van der Waals surface area contributed by atoms with Gasteiger partial charge in [-0.2, -0.15) is 0 Å². The Bertz CT molecular complexity index is 396. The summed E-state index contributed by atoms with van der Waals surface area (Å²) < 4.78 is 0. The molecule has 106 valence electrons. The first kappa shape index (κ1) is 15.5. The Morgan fingerprint density at radius 3 is 2.21 bits per heavy atom. The Hall–Kier alpha value is -1.51. The summed E-state index contributed by atoms with van der Waals surface area (Å²) in [5.41, 5.74) is 2.65. The lowest BCUT2D eigenvalue weighted by Gasteiger charge is -2.16. The van der Waals surface area contributed by atoms with Gasteiger partial charge in [0.15, 0.2) is 0 Å². The first-order valence-electron chi connectivity index (χ1n) is 6.94. The molecule has 0 fully saturated rings. The van der Waals surface area contributed by atoms with Gasteiger partial charge in [0, 0.05) is 20.6 Å². The molecule has 0 aliphatic heterocycles. The lowest BCUT2D eigenvalue weighted by molar-refractivity contribution is 0.217. The molecule has 0 aliphatic rings. The van der Waals surface area contributed by atoms with Crippen molar-refractivity contribution in [3.8, 4) is 0 Å². The van der Waals surface area contributed by atoms with E-state index in [4.69, 9.17) is 0 Å². The molecule has 0 spiro atoms. The first-order chi connectivity index (χ1) is 8.90. The minimum Gasteiger partial charge on any atom is -0.337 e. The van der Waals surface area contributed by atoms with Crippen LogP contribution in [0.5, 0.6) is 0 Å². The molecule has 1 atom stereocenters. The van der Waals surface area contributed by atoms with Gasteiger partial charge in [-0.1, -0.05) is 45.0 Å². The predicted molar refractivity (Wildman–Crippen MR) is 80.5 cm³/mol. The van der Waals surface area contributed by atoms with Gasteiger partial charge < -0.3 is 10.2 Å². The van der Waals surface area contributed by atoms with Crippen LogP contribution < -0.4 is 5.32 Å². The van der Waals surface area contributed by atoms with Crippen LogP contribution in [0.1, 0.15) is 37.8 Å². The molecule has 1 aromatic rings. The highest BCUT2D eigenvalue weighted by Gasteiger charge is 2.09. The van der Waals surface area contributed by atoms with Crippen molar-refractivity contribution >= 4 is 6.03 Å². The third-order valence-electron chi connectivity index (χ3n) is 3.16. The van der Waals surface area contributed by atoms with Crippen molar-refractivity contribution in [3.05, 3.63) is 35.4 Å². The lowest BCUT2D eigenvalue weighted by Crippen LogP contribution is -2.36. The van der Waals surface area contributed by atoms with Crippen LogP contribution in [0.2, 0.25) is 0 Å². The lowest BCUT2D eigenvalue weighted by atomic mass is 9.97. The van der Waals surface area contributed by atoms with E-state index in [1.807, 2.05) is 0 Å². The number of carbonyl (C=O) groups excluding carboxylic acids is 1. The van der Waals surface area contributed by atoms with E-state index in [1.54, 1.807) is 19.0 Å². The number of hydrogen-bond acceptors (Lipinski definition) is 1. The number of rotatable bonds is 5. The fourth-order valence-electron chi connectivity index (χ4n) is 1.97. The van der Waals surface area contributed by atoms with Gasteiger partial charge in [0.25, 0.3) is 0 Å². The van der Waals surface area contributed by atoms with Gasteiger partial charge >= 0.3 is 6.03 Å². The maximum absolute atomic E-state index is 11.5. The predicted octanol–water partition coefficient (Wildman–Crippen LogP) is 3.26. The van der Waals surface area contributed by atoms with E-state index in [0.29, 0.717) is 18.4 Å². The SMILES string of the molecule is CC(C)Cc1ccc(C(C)CNC(=O)N(C)C)cc1. The van der Waals surface area contributed by atoms with Crippen LogP contribution in [0, 0.1) is 5.92 Å². The number of urea groups is 1. The minimum absolute atomic E-state index is 0.0386. The summed E-state index contributed by atoms with van der Waals surface area (Å²) in [5, 5.41) is 2.91. The van der Waals surface area contributed by atoms with Gasteiger partial charge in [0.2, 0.25) is 0 Å². The molecule has 0 saturated carbocycles. The van der Waals surface area contributed by atoms with E-state index in [9.17, 15) is 4.79 Å². The molecule has 2 amide bonds. The first-order valence-corrected chi connectivity index (χ1v) is 6.94. The summed E-state index contributed by atoms with van der Waals surface area (Å²) in [5.74, 6) is 1.01. The third kappa shape index (κ3) is 5.33. The van der Waals surface area contributed by atoms with Crippen LogP contribution in [-0.4, -0.2) is 31.6 Å². The quantitative estimate of drug-likeness (QED) is 0.868. The molecule has 0 aromatic heterocycles. The van der Waals surface area contributed by atoms with Crippen molar-refractivity contribution in [2.75, 3.05) is 20.6 Å². The Balaban J connectivity index is 2.53. The van der Waals surface area contributed by atoms with E-state index >= 15 is 0 Å². The number of carbonyl (C=O) groups is 1. The van der Waals surface area contributed by atoms with Crippen molar-refractivity contribution < 1.29 is 4.79 Å². The largest absolute Gasteiger partial charge is 0.337 e. The van der Waals surface area contributed by atoms with Crippen LogP contribution in [0.25, 0.3) is 0 Å². The second-order valence-electron chi connectivity index (χ2n) is 5.82. The molecular weight excluding hydrogens is 236 g/mol. The monoisotopic (exact) mass is 262 g/mol. The zero-order chi connectivity index (χ0) is 14.4. The average molecular weight is 262 g/mol. The minimum atomic E-state index is -0.0386.